The molecule has 2 heterocycles. The lowest BCUT2D eigenvalue weighted by Crippen LogP contribution is -2.40. The van der Waals surface area contributed by atoms with Crippen LogP contribution in [0.3, 0.4) is 0 Å². The van der Waals surface area contributed by atoms with Crippen molar-refractivity contribution in [2.24, 2.45) is 0 Å². The van der Waals surface area contributed by atoms with E-state index in [9.17, 15) is 13.6 Å². The lowest BCUT2D eigenvalue weighted by molar-refractivity contribution is -0.134. The van der Waals surface area contributed by atoms with Crippen LogP contribution in [0.2, 0.25) is 0 Å². The van der Waals surface area contributed by atoms with Crippen molar-refractivity contribution >= 4 is 5.91 Å². The minimum absolute atomic E-state index is 0.0452. The summed E-state index contributed by atoms with van der Waals surface area (Å²) in [5.41, 5.74) is 1.07. The summed E-state index contributed by atoms with van der Waals surface area (Å²) in [6, 6.07) is 9.88. The molecule has 1 aliphatic heterocycles. The summed E-state index contributed by atoms with van der Waals surface area (Å²) in [6.07, 6.45) is 4.87. The predicted octanol–water partition coefficient (Wildman–Crippen LogP) is 3.46. The second kappa shape index (κ2) is 9.55. The Morgan fingerprint density at radius 3 is 2.85 bits per heavy atom. The number of hydrogen-bond donors (Lipinski definition) is 1. The molecule has 2 aromatic rings. The minimum Gasteiger partial charge on any atom is -0.334 e. The quantitative estimate of drug-likeness (QED) is 0.843. The Kier molecular flexibility index (Phi) is 6.87. The number of benzene rings is 1. The maximum atomic E-state index is 13.9. The number of halogens is 2. The minimum atomic E-state index is -0.875. The summed E-state index contributed by atoms with van der Waals surface area (Å²) >= 11 is 0. The van der Waals surface area contributed by atoms with E-state index in [1.807, 2.05) is 23.1 Å². The number of rotatable bonds is 6. The molecule has 1 amide bonds. The fourth-order valence-electron chi connectivity index (χ4n) is 3.53. The lowest BCUT2D eigenvalue weighted by Gasteiger charge is -2.31. The maximum Gasteiger partial charge on any atom is 0.223 e. The van der Waals surface area contributed by atoms with Crippen molar-refractivity contribution in [3.05, 3.63) is 65.5 Å². The Labute approximate surface area is 158 Å². The van der Waals surface area contributed by atoms with E-state index >= 15 is 0 Å². The van der Waals surface area contributed by atoms with Gasteiger partial charge in [0, 0.05) is 18.7 Å². The van der Waals surface area contributed by atoms with Crippen molar-refractivity contribution in [1.82, 2.24) is 15.2 Å². The molecule has 0 radical (unpaired) electrons. The lowest BCUT2D eigenvalue weighted by atomic mass is 10.0. The number of carbonyl (C=O) groups excluding carboxylic acids is 1. The van der Waals surface area contributed by atoms with Crippen molar-refractivity contribution in [1.29, 1.82) is 0 Å². The Morgan fingerprint density at radius 1 is 1.15 bits per heavy atom. The number of amides is 1. The predicted molar refractivity (Wildman–Crippen MR) is 100.0 cm³/mol. The Morgan fingerprint density at radius 2 is 2.04 bits per heavy atom. The van der Waals surface area contributed by atoms with Gasteiger partial charge in [-0.15, -0.1) is 0 Å². The van der Waals surface area contributed by atoms with Gasteiger partial charge in [0.1, 0.15) is 0 Å². The molecule has 1 aromatic heterocycles. The molecule has 3 rings (SSSR count). The molecule has 6 heteroatoms. The average Bonchev–Trinajstić information content (AvgIpc) is 2.97. The molecule has 1 N–H and O–H groups in total. The third kappa shape index (κ3) is 5.32. The second-order valence-electron chi connectivity index (χ2n) is 6.89. The van der Waals surface area contributed by atoms with Gasteiger partial charge in [0.05, 0.1) is 12.2 Å². The largest absolute Gasteiger partial charge is 0.334 e. The van der Waals surface area contributed by atoms with Gasteiger partial charge >= 0.3 is 0 Å². The van der Waals surface area contributed by atoms with Gasteiger partial charge in [0.15, 0.2) is 11.6 Å². The number of hydrogen-bond acceptors (Lipinski definition) is 3. The number of nitrogens with one attached hydrogen (secondary N) is 1. The molecule has 1 aliphatic rings. The highest BCUT2D eigenvalue weighted by molar-refractivity contribution is 5.76. The molecule has 0 spiro atoms. The Bertz CT molecular complexity index is 746. The molecule has 0 bridgehead atoms. The van der Waals surface area contributed by atoms with Crippen LogP contribution in [0, 0.1) is 11.6 Å². The Balaban J connectivity index is 1.72. The van der Waals surface area contributed by atoms with Gasteiger partial charge in [-0.3, -0.25) is 9.78 Å². The first kappa shape index (κ1) is 19.4. The van der Waals surface area contributed by atoms with E-state index in [4.69, 9.17) is 0 Å². The van der Waals surface area contributed by atoms with Crippen LogP contribution in [-0.4, -0.2) is 34.9 Å². The van der Waals surface area contributed by atoms with Crippen molar-refractivity contribution in [3.63, 3.8) is 0 Å². The first-order valence-electron chi connectivity index (χ1n) is 9.48. The smallest absolute Gasteiger partial charge is 0.223 e. The molecule has 1 aromatic carbocycles. The monoisotopic (exact) mass is 373 g/mol. The number of aryl methyl sites for hydroxylation is 1. The van der Waals surface area contributed by atoms with E-state index in [2.05, 4.69) is 10.3 Å². The SMILES string of the molecule is O=C(CCc1cccc(F)c1F)N(Cc1ccccn1)C1CCCNCC1. The van der Waals surface area contributed by atoms with E-state index < -0.39 is 11.6 Å². The van der Waals surface area contributed by atoms with E-state index in [0.29, 0.717) is 6.54 Å². The van der Waals surface area contributed by atoms with Crippen LogP contribution >= 0.6 is 0 Å². The van der Waals surface area contributed by atoms with Crippen LogP contribution in [0.5, 0.6) is 0 Å². The van der Waals surface area contributed by atoms with Crippen molar-refractivity contribution < 1.29 is 13.6 Å². The average molecular weight is 373 g/mol. The van der Waals surface area contributed by atoms with Gasteiger partial charge < -0.3 is 10.2 Å². The zero-order chi connectivity index (χ0) is 19.1. The van der Waals surface area contributed by atoms with Crippen LogP contribution in [0.25, 0.3) is 0 Å². The van der Waals surface area contributed by atoms with E-state index in [-0.39, 0.29) is 30.4 Å². The van der Waals surface area contributed by atoms with Crippen LogP contribution in [0.4, 0.5) is 8.78 Å². The van der Waals surface area contributed by atoms with Gasteiger partial charge in [-0.1, -0.05) is 18.2 Å². The number of aromatic nitrogens is 1. The van der Waals surface area contributed by atoms with E-state index in [0.717, 1.165) is 44.1 Å². The van der Waals surface area contributed by atoms with Gasteiger partial charge in [-0.2, -0.15) is 0 Å². The molecule has 144 valence electrons. The molecular weight excluding hydrogens is 348 g/mol. The summed E-state index contributed by atoms with van der Waals surface area (Å²) in [5.74, 6) is -1.78. The Hall–Kier alpha value is -2.34. The zero-order valence-corrected chi connectivity index (χ0v) is 15.3. The standard InChI is InChI=1S/C21H25F2N3O/c22-19-8-3-5-16(21(19)23)9-10-20(27)26(15-17-6-1-2-13-25-17)18-7-4-12-24-14-11-18/h1-3,5-6,8,13,18,24H,4,7,9-12,14-15H2. The fraction of sp³-hybridized carbons (Fsp3) is 0.429. The first-order valence-corrected chi connectivity index (χ1v) is 9.48. The maximum absolute atomic E-state index is 13.9. The topological polar surface area (TPSA) is 45.2 Å². The van der Waals surface area contributed by atoms with Crippen LogP contribution in [0.1, 0.15) is 36.9 Å². The summed E-state index contributed by atoms with van der Waals surface area (Å²) in [5, 5.41) is 3.36. The van der Waals surface area contributed by atoms with E-state index in [1.165, 1.54) is 12.1 Å². The van der Waals surface area contributed by atoms with Gasteiger partial charge in [-0.25, -0.2) is 8.78 Å². The third-order valence-corrected chi connectivity index (χ3v) is 5.00. The van der Waals surface area contributed by atoms with Crippen LogP contribution < -0.4 is 5.32 Å². The highest BCUT2D eigenvalue weighted by atomic mass is 19.2. The summed E-state index contributed by atoms with van der Waals surface area (Å²) in [4.78, 5) is 19.2. The summed E-state index contributed by atoms with van der Waals surface area (Å²) in [7, 11) is 0. The number of carbonyl (C=O) groups is 1. The summed E-state index contributed by atoms with van der Waals surface area (Å²) in [6.45, 7) is 2.27. The normalized spacial score (nSPS) is 17.3. The molecule has 0 aliphatic carbocycles. The molecule has 1 atom stereocenters. The molecule has 0 saturated carbocycles. The van der Waals surface area contributed by atoms with Gasteiger partial charge in [0.2, 0.25) is 5.91 Å². The van der Waals surface area contributed by atoms with Crippen LogP contribution in [0.15, 0.2) is 42.6 Å². The first-order chi connectivity index (χ1) is 13.1. The third-order valence-electron chi connectivity index (χ3n) is 5.00. The molecular formula is C21H25F2N3O. The zero-order valence-electron chi connectivity index (χ0n) is 15.3. The van der Waals surface area contributed by atoms with Gasteiger partial charge in [-0.05, 0) is 62.5 Å². The molecule has 1 fully saturated rings. The second-order valence-corrected chi connectivity index (χ2v) is 6.89. The highest BCUT2D eigenvalue weighted by Gasteiger charge is 2.25. The van der Waals surface area contributed by atoms with Crippen molar-refractivity contribution in [3.8, 4) is 0 Å². The van der Waals surface area contributed by atoms with Gasteiger partial charge in [0.25, 0.3) is 0 Å². The highest BCUT2D eigenvalue weighted by Crippen LogP contribution is 2.19. The fourth-order valence-corrected chi connectivity index (χ4v) is 3.53. The van der Waals surface area contributed by atoms with E-state index in [1.54, 1.807) is 6.20 Å². The summed E-state index contributed by atoms with van der Waals surface area (Å²) < 4.78 is 27.3. The van der Waals surface area contributed by atoms with Crippen molar-refractivity contribution in [2.75, 3.05) is 13.1 Å². The van der Waals surface area contributed by atoms with Crippen LogP contribution in [-0.2, 0) is 17.8 Å². The number of nitrogens with zero attached hydrogens (tertiary/aromatic N) is 2. The van der Waals surface area contributed by atoms with Crippen molar-refractivity contribution in [2.45, 2.75) is 44.7 Å². The molecule has 27 heavy (non-hydrogen) atoms. The molecule has 4 nitrogen and oxygen atoms in total. The number of pyridine rings is 1. The molecule has 1 saturated heterocycles. The molecule has 1 unspecified atom stereocenters.